The van der Waals surface area contributed by atoms with Crippen molar-refractivity contribution in [1.29, 1.82) is 0 Å². The van der Waals surface area contributed by atoms with Crippen molar-refractivity contribution in [3.05, 3.63) is 71.8 Å². The van der Waals surface area contributed by atoms with Crippen LogP contribution in [0.4, 0.5) is 0 Å². The molecular weight excluding hydrogens is 406 g/mol. The molecule has 2 aliphatic heterocycles. The van der Waals surface area contributed by atoms with Gasteiger partial charge in [0.2, 0.25) is 11.8 Å². The Labute approximate surface area is 189 Å². The Hall–Kier alpha value is -2.31. The highest BCUT2D eigenvalue weighted by molar-refractivity contribution is 8.00. The Kier molecular flexibility index (Phi) is 6.68. The molecule has 6 heteroatoms. The van der Waals surface area contributed by atoms with Gasteiger partial charge in [0.1, 0.15) is 10.9 Å². The van der Waals surface area contributed by atoms with Crippen LogP contribution in [0.3, 0.4) is 0 Å². The molecule has 2 aromatic carbocycles. The van der Waals surface area contributed by atoms with Gasteiger partial charge in [-0.25, -0.2) is 0 Å². The van der Waals surface area contributed by atoms with E-state index < -0.39 is 10.9 Å². The average Bonchev–Trinajstić information content (AvgIpc) is 3.37. The smallest absolute Gasteiger partial charge is 0.243 e. The summed E-state index contributed by atoms with van der Waals surface area (Å²) in [5.74, 6) is 0.666. The molecule has 2 saturated heterocycles. The van der Waals surface area contributed by atoms with Gasteiger partial charge >= 0.3 is 0 Å². The van der Waals surface area contributed by atoms with Crippen molar-refractivity contribution < 1.29 is 9.59 Å². The number of fused-ring (bicyclic) bond motifs is 1. The van der Waals surface area contributed by atoms with Gasteiger partial charge in [0.25, 0.3) is 0 Å². The Bertz CT molecular complexity index is 903. The van der Waals surface area contributed by atoms with E-state index in [1.54, 1.807) is 11.8 Å². The molecule has 2 heterocycles. The summed E-state index contributed by atoms with van der Waals surface area (Å²) >= 11 is 1.73. The number of hydrogen-bond donors (Lipinski definition) is 1. The Morgan fingerprint density at radius 1 is 1.13 bits per heavy atom. The molecule has 31 heavy (non-hydrogen) atoms. The molecule has 2 aromatic rings. The minimum Gasteiger partial charge on any atom is -0.352 e. The molecule has 5 nitrogen and oxygen atoms in total. The second-order valence-electron chi connectivity index (χ2n) is 8.13. The van der Waals surface area contributed by atoms with E-state index in [1.807, 2.05) is 41.3 Å². The number of nitrogens with zero attached hydrogens (tertiary/aromatic N) is 2. The Morgan fingerprint density at radius 2 is 1.77 bits per heavy atom. The molecule has 4 rings (SSSR count). The molecule has 2 aliphatic rings. The Balaban J connectivity index is 1.51. The first-order chi connectivity index (χ1) is 15.1. The maximum absolute atomic E-state index is 13.3. The van der Waals surface area contributed by atoms with Gasteiger partial charge in [-0.15, -0.1) is 11.8 Å². The zero-order chi connectivity index (χ0) is 21.8. The second kappa shape index (κ2) is 9.45. The first-order valence-electron chi connectivity index (χ1n) is 11.2. The Morgan fingerprint density at radius 3 is 2.42 bits per heavy atom. The molecule has 0 aliphatic carbocycles. The number of rotatable bonds is 8. The summed E-state index contributed by atoms with van der Waals surface area (Å²) in [5, 5.41) is 3.19. The van der Waals surface area contributed by atoms with E-state index in [2.05, 4.69) is 48.3 Å². The van der Waals surface area contributed by atoms with Crippen LogP contribution in [0, 0.1) is 0 Å². The van der Waals surface area contributed by atoms with Crippen LogP contribution >= 0.6 is 11.8 Å². The summed E-state index contributed by atoms with van der Waals surface area (Å²) in [6.45, 7) is 6.64. The maximum atomic E-state index is 13.3. The highest BCUT2D eigenvalue weighted by atomic mass is 32.2. The number of nitrogens with one attached hydrogen (secondary N) is 1. The zero-order valence-electron chi connectivity index (χ0n) is 18.3. The van der Waals surface area contributed by atoms with Gasteiger partial charge in [0.15, 0.2) is 0 Å². The maximum Gasteiger partial charge on any atom is 0.243 e. The molecular formula is C25H31N3O2S. The number of likely N-dealkylation sites (N-methyl/N-ethyl adjacent to an activating group) is 1. The van der Waals surface area contributed by atoms with Crippen molar-refractivity contribution in [3.8, 4) is 0 Å². The lowest BCUT2D eigenvalue weighted by atomic mass is 10.0. The van der Waals surface area contributed by atoms with Gasteiger partial charge in [0, 0.05) is 18.7 Å². The molecule has 0 saturated carbocycles. The van der Waals surface area contributed by atoms with Gasteiger partial charge < -0.3 is 10.2 Å². The van der Waals surface area contributed by atoms with Crippen LogP contribution in [0.2, 0.25) is 0 Å². The summed E-state index contributed by atoms with van der Waals surface area (Å²) in [6.07, 6.45) is 1.26. The fraction of sp³-hybridized carbons (Fsp3) is 0.440. The van der Waals surface area contributed by atoms with E-state index in [-0.39, 0.29) is 17.9 Å². The fourth-order valence-corrected chi connectivity index (χ4v) is 6.60. The number of carbonyl (C=O) groups excluding carboxylic acids is 2. The molecule has 0 bridgehead atoms. The predicted octanol–water partition coefficient (Wildman–Crippen LogP) is 3.78. The lowest BCUT2D eigenvalue weighted by Gasteiger charge is -2.34. The van der Waals surface area contributed by atoms with Gasteiger partial charge in [-0.1, -0.05) is 74.5 Å². The van der Waals surface area contributed by atoms with Crippen LogP contribution in [0.25, 0.3) is 0 Å². The lowest BCUT2D eigenvalue weighted by Crippen LogP contribution is -2.51. The van der Waals surface area contributed by atoms with E-state index >= 15 is 0 Å². The normalized spacial score (nSPS) is 23.8. The second-order valence-corrected chi connectivity index (χ2v) is 9.43. The van der Waals surface area contributed by atoms with Crippen LogP contribution in [0.15, 0.2) is 60.7 Å². The average molecular weight is 438 g/mol. The van der Waals surface area contributed by atoms with E-state index in [1.165, 1.54) is 5.56 Å². The highest BCUT2D eigenvalue weighted by Crippen LogP contribution is 2.54. The highest BCUT2D eigenvalue weighted by Gasteiger charge is 2.56. The molecule has 164 valence electrons. The summed E-state index contributed by atoms with van der Waals surface area (Å²) in [6, 6.07) is 20.2. The van der Waals surface area contributed by atoms with Crippen LogP contribution in [-0.2, 0) is 14.5 Å². The molecule has 3 atom stereocenters. The number of thioether (sulfide) groups is 1. The van der Waals surface area contributed by atoms with Crippen molar-refractivity contribution in [3.63, 3.8) is 0 Å². The van der Waals surface area contributed by atoms with Crippen molar-refractivity contribution >= 4 is 23.6 Å². The largest absolute Gasteiger partial charge is 0.352 e. The van der Waals surface area contributed by atoms with Gasteiger partial charge in [-0.3, -0.25) is 14.5 Å². The van der Waals surface area contributed by atoms with E-state index in [4.69, 9.17) is 0 Å². The quantitative estimate of drug-likeness (QED) is 0.683. The van der Waals surface area contributed by atoms with Gasteiger partial charge in [-0.05, 0) is 30.6 Å². The van der Waals surface area contributed by atoms with Crippen molar-refractivity contribution in [2.75, 3.05) is 25.4 Å². The molecule has 2 amide bonds. The summed E-state index contributed by atoms with van der Waals surface area (Å²) < 4.78 is 0. The summed E-state index contributed by atoms with van der Waals surface area (Å²) in [7, 11) is 0. The SMILES string of the molecule is CCN(CC)C(CNC(=O)C1CSC2(c3ccccc3)CCC(=O)N12)c1ccccc1. The minimum atomic E-state index is -0.423. The topological polar surface area (TPSA) is 52.7 Å². The molecule has 2 fully saturated rings. The third-order valence-corrected chi connectivity index (χ3v) is 8.16. The molecule has 3 unspecified atom stereocenters. The van der Waals surface area contributed by atoms with Crippen LogP contribution < -0.4 is 5.32 Å². The molecule has 0 radical (unpaired) electrons. The number of carbonyl (C=O) groups is 2. The third kappa shape index (κ3) is 4.11. The van der Waals surface area contributed by atoms with Crippen LogP contribution in [0.5, 0.6) is 0 Å². The number of benzene rings is 2. The summed E-state index contributed by atoms with van der Waals surface area (Å²) in [4.78, 5) is 29.9. The van der Waals surface area contributed by atoms with Gasteiger partial charge in [-0.2, -0.15) is 0 Å². The van der Waals surface area contributed by atoms with Gasteiger partial charge in [0.05, 0.1) is 6.04 Å². The van der Waals surface area contributed by atoms with Crippen molar-refractivity contribution in [2.24, 2.45) is 0 Å². The third-order valence-electron chi connectivity index (χ3n) is 6.56. The fourth-order valence-electron chi connectivity index (χ4n) is 4.95. The zero-order valence-corrected chi connectivity index (χ0v) is 19.1. The number of amides is 2. The molecule has 0 aromatic heterocycles. The predicted molar refractivity (Wildman–Crippen MR) is 126 cm³/mol. The van der Waals surface area contributed by atoms with Crippen molar-refractivity contribution in [2.45, 2.75) is 43.6 Å². The van der Waals surface area contributed by atoms with E-state index in [0.29, 0.717) is 18.7 Å². The van der Waals surface area contributed by atoms with E-state index in [9.17, 15) is 9.59 Å². The van der Waals surface area contributed by atoms with E-state index in [0.717, 1.165) is 25.1 Å². The first-order valence-corrected chi connectivity index (χ1v) is 12.2. The lowest BCUT2D eigenvalue weighted by molar-refractivity contribution is -0.138. The van der Waals surface area contributed by atoms with Crippen LogP contribution in [-0.4, -0.2) is 53.0 Å². The first kappa shape index (κ1) is 21.9. The molecule has 0 spiro atoms. The molecule has 1 N–H and O–H groups in total. The number of hydrogen-bond acceptors (Lipinski definition) is 4. The van der Waals surface area contributed by atoms with Crippen molar-refractivity contribution in [1.82, 2.24) is 15.1 Å². The minimum absolute atomic E-state index is 0.0476. The monoisotopic (exact) mass is 437 g/mol. The standard InChI is InChI=1S/C25H31N3O2S/c1-3-27(4-2)21(19-11-7-5-8-12-19)17-26-24(30)22-18-31-25(16-15-23(29)28(22)25)20-13-9-6-10-14-20/h5-14,21-22H,3-4,15-18H2,1-2H3,(H,26,30). The van der Waals surface area contributed by atoms with Crippen LogP contribution in [0.1, 0.15) is 43.9 Å². The summed E-state index contributed by atoms with van der Waals surface area (Å²) in [5.41, 5.74) is 2.31.